The van der Waals surface area contributed by atoms with Crippen molar-refractivity contribution in [3.8, 4) is 0 Å². The third kappa shape index (κ3) is 2.25. The van der Waals surface area contributed by atoms with Gasteiger partial charge in [-0.3, -0.25) is 0 Å². The van der Waals surface area contributed by atoms with Gasteiger partial charge in [-0.05, 0) is 0 Å². The molecule has 0 N–H and O–H groups in total. The van der Waals surface area contributed by atoms with Gasteiger partial charge in [0.2, 0.25) is 0 Å². The summed E-state index contributed by atoms with van der Waals surface area (Å²) >= 11 is 0. The molecule has 1 heterocycles. The number of hydrogen-bond acceptors (Lipinski definition) is 4. The van der Waals surface area contributed by atoms with Gasteiger partial charge in [0.1, 0.15) is 6.61 Å². The van der Waals surface area contributed by atoms with Gasteiger partial charge in [0.05, 0.1) is 6.26 Å². The largest absolute Gasteiger partial charge is 0.344 e. The molecule has 0 saturated carbocycles. The maximum absolute atomic E-state index is 10.2. The third-order valence-electron chi connectivity index (χ3n) is 0.585. The first-order chi connectivity index (χ1) is 3.58. The summed E-state index contributed by atoms with van der Waals surface area (Å²) in [6, 6.07) is 0. The van der Waals surface area contributed by atoms with Crippen LogP contribution < -0.4 is 0 Å². The number of rotatable bonds is 2. The van der Waals surface area contributed by atoms with Crippen LogP contribution in [0.3, 0.4) is 0 Å². The Bertz CT molecular complexity index is 166. The van der Waals surface area contributed by atoms with Crippen molar-refractivity contribution in [2.24, 2.45) is 0 Å². The van der Waals surface area contributed by atoms with E-state index in [1.807, 2.05) is 0 Å². The fourth-order valence-electron chi connectivity index (χ4n) is 0.290. The lowest BCUT2D eigenvalue weighted by Gasteiger charge is -1.90. The van der Waals surface area contributed by atoms with Crippen molar-refractivity contribution in [1.82, 2.24) is 0 Å². The molecule has 5 heteroatoms. The second-order valence-electron chi connectivity index (χ2n) is 1.56. The second kappa shape index (κ2) is 1.68. The molecule has 0 spiro atoms. The Morgan fingerprint density at radius 1 is 1.75 bits per heavy atom. The SMILES string of the molecule is CS(=O)(=O)O[C@H]1CO1. The summed E-state index contributed by atoms with van der Waals surface area (Å²) in [5.74, 6) is 0. The van der Waals surface area contributed by atoms with Crippen molar-refractivity contribution >= 4 is 10.1 Å². The molecule has 1 rings (SSSR count). The van der Waals surface area contributed by atoms with Crippen LogP contribution in [0.2, 0.25) is 0 Å². The first-order valence-corrected chi connectivity index (χ1v) is 3.89. The average molecular weight is 138 g/mol. The Morgan fingerprint density at radius 3 is 2.38 bits per heavy atom. The zero-order valence-corrected chi connectivity index (χ0v) is 5.14. The Labute approximate surface area is 47.5 Å². The highest BCUT2D eigenvalue weighted by atomic mass is 32.2. The summed E-state index contributed by atoms with van der Waals surface area (Å²) in [4.78, 5) is 0. The summed E-state index contributed by atoms with van der Waals surface area (Å²) in [5.41, 5.74) is 0. The standard InChI is InChI=1S/C3H6O4S/c1-8(4,5)7-3-2-6-3/h3H,2H2,1H3/t3-/m0/s1. The predicted octanol–water partition coefficient (Wildman–Crippen LogP) is -0.681. The van der Waals surface area contributed by atoms with Crippen molar-refractivity contribution in [2.75, 3.05) is 12.9 Å². The van der Waals surface area contributed by atoms with Crippen LogP contribution in [0.1, 0.15) is 0 Å². The maximum atomic E-state index is 10.2. The summed E-state index contributed by atoms with van der Waals surface area (Å²) in [6.45, 7) is 0.396. The van der Waals surface area contributed by atoms with Gasteiger partial charge in [-0.25, -0.2) is 4.18 Å². The van der Waals surface area contributed by atoms with E-state index in [1.165, 1.54) is 0 Å². The molecule has 48 valence electrons. The average Bonchev–Trinajstić information content (AvgIpc) is 2.12. The molecule has 0 radical (unpaired) electrons. The van der Waals surface area contributed by atoms with Crippen LogP contribution in [0.5, 0.6) is 0 Å². The zero-order valence-electron chi connectivity index (χ0n) is 4.33. The van der Waals surface area contributed by atoms with Crippen molar-refractivity contribution in [3.63, 3.8) is 0 Å². The lowest BCUT2D eigenvalue weighted by molar-refractivity contribution is 0.187. The normalized spacial score (nSPS) is 27.9. The van der Waals surface area contributed by atoms with Crippen LogP contribution in [-0.2, 0) is 19.0 Å². The molecule has 0 unspecified atom stereocenters. The fourth-order valence-corrected chi connectivity index (χ4v) is 0.791. The van der Waals surface area contributed by atoms with Gasteiger partial charge in [-0.2, -0.15) is 8.42 Å². The van der Waals surface area contributed by atoms with Gasteiger partial charge in [-0.15, -0.1) is 0 Å². The predicted molar refractivity (Wildman–Crippen MR) is 25.7 cm³/mol. The molecule has 0 aromatic carbocycles. The lowest BCUT2D eigenvalue weighted by Crippen LogP contribution is -2.04. The number of ether oxygens (including phenoxy) is 1. The highest BCUT2D eigenvalue weighted by Gasteiger charge is 2.27. The molecule has 0 aliphatic carbocycles. The van der Waals surface area contributed by atoms with Crippen LogP contribution in [0, 0.1) is 0 Å². The van der Waals surface area contributed by atoms with E-state index in [1.54, 1.807) is 0 Å². The van der Waals surface area contributed by atoms with Crippen molar-refractivity contribution in [3.05, 3.63) is 0 Å². The smallest absolute Gasteiger partial charge is 0.266 e. The topological polar surface area (TPSA) is 55.9 Å². The van der Waals surface area contributed by atoms with E-state index in [-0.39, 0.29) is 0 Å². The molecular formula is C3H6O4S. The Hall–Kier alpha value is -0.130. The van der Waals surface area contributed by atoms with Crippen LogP contribution in [0.4, 0.5) is 0 Å². The molecule has 1 fully saturated rings. The Morgan fingerprint density at radius 2 is 2.25 bits per heavy atom. The minimum absolute atomic E-state index is 0.396. The molecule has 1 atom stereocenters. The molecule has 0 amide bonds. The van der Waals surface area contributed by atoms with E-state index in [9.17, 15) is 8.42 Å². The first kappa shape index (κ1) is 6.00. The van der Waals surface area contributed by atoms with Crippen molar-refractivity contribution in [1.29, 1.82) is 0 Å². The molecule has 1 saturated heterocycles. The molecule has 8 heavy (non-hydrogen) atoms. The van der Waals surface area contributed by atoms with Crippen LogP contribution >= 0.6 is 0 Å². The molecular weight excluding hydrogens is 132 g/mol. The zero-order chi connectivity index (χ0) is 6.20. The van der Waals surface area contributed by atoms with E-state index in [0.29, 0.717) is 6.61 Å². The molecule has 0 aromatic rings. The van der Waals surface area contributed by atoms with E-state index in [2.05, 4.69) is 8.92 Å². The summed E-state index contributed by atoms with van der Waals surface area (Å²) < 4.78 is 29.1. The van der Waals surface area contributed by atoms with Gasteiger partial charge in [0.25, 0.3) is 10.1 Å². The van der Waals surface area contributed by atoms with Gasteiger partial charge in [0, 0.05) is 0 Å². The van der Waals surface area contributed by atoms with E-state index < -0.39 is 16.4 Å². The minimum Gasteiger partial charge on any atom is -0.344 e. The Balaban J connectivity index is 2.38. The van der Waals surface area contributed by atoms with Gasteiger partial charge >= 0.3 is 0 Å². The maximum Gasteiger partial charge on any atom is 0.266 e. The molecule has 1 aliphatic rings. The number of hydrogen-bond donors (Lipinski definition) is 0. The van der Waals surface area contributed by atoms with Gasteiger partial charge < -0.3 is 4.74 Å². The van der Waals surface area contributed by atoms with Crippen molar-refractivity contribution in [2.45, 2.75) is 6.29 Å². The highest BCUT2D eigenvalue weighted by Crippen LogP contribution is 2.12. The fraction of sp³-hybridized carbons (Fsp3) is 1.00. The van der Waals surface area contributed by atoms with E-state index in [0.717, 1.165) is 6.26 Å². The molecule has 4 nitrogen and oxygen atoms in total. The molecule has 0 bridgehead atoms. The van der Waals surface area contributed by atoms with Crippen molar-refractivity contribution < 1.29 is 17.3 Å². The number of epoxide rings is 1. The van der Waals surface area contributed by atoms with E-state index in [4.69, 9.17) is 0 Å². The summed E-state index contributed by atoms with van der Waals surface area (Å²) in [6.07, 6.45) is 0.499. The first-order valence-electron chi connectivity index (χ1n) is 2.08. The Kier molecular flexibility index (Phi) is 1.26. The van der Waals surface area contributed by atoms with E-state index >= 15 is 0 Å². The summed E-state index contributed by atoms with van der Waals surface area (Å²) in [7, 11) is -3.29. The van der Waals surface area contributed by atoms with Crippen LogP contribution in [-0.4, -0.2) is 27.6 Å². The third-order valence-corrected chi connectivity index (χ3v) is 1.15. The molecule has 0 aromatic heterocycles. The summed E-state index contributed by atoms with van der Waals surface area (Å²) in [5, 5.41) is 0. The highest BCUT2D eigenvalue weighted by molar-refractivity contribution is 7.86. The lowest BCUT2D eigenvalue weighted by atomic mass is 10.9. The quantitative estimate of drug-likeness (QED) is 0.374. The minimum atomic E-state index is -3.29. The monoisotopic (exact) mass is 138 g/mol. The molecule has 1 aliphatic heterocycles. The van der Waals surface area contributed by atoms with Crippen LogP contribution in [0.15, 0.2) is 0 Å². The van der Waals surface area contributed by atoms with Gasteiger partial charge in [-0.1, -0.05) is 0 Å². The second-order valence-corrected chi connectivity index (χ2v) is 3.16. The van der Waals surface area contributed by atoms with Crippen LogP contribution in [0.25, 0.3) is 0 Å². The van der Waals surface area contributed by atoms with Gasteiger partial charge in [0.15, 0.2) is 6.29 Å².